The summed E-state index contributed by atoms with van der Waals surface area (Å²) in [6, 6.07) is 23.9. The lowest BCUT2D eigenvalue weighted by Gasteiger charge is -2.33. The predicted molar refractivity (Wildman–Crippen MR) is 161 cm³/mol. The van der Waals surface area contributed by atoms with Crippen molar-refractivity contribution in [1.29, 1.82) is 0 Å². The lowest BCUT2D eigenvalue weighted by Crippen LogP contribution is -2.53. The summed E-state index contributed by atoms with van der Waals surface area (Å²) >= 11 is 3.39. The second-order valence-electron chi connectivity index (χ2n) is 10.1. The van der Waals surface area contributed by atoms with Gasteiger partial charge in [-0.1, -0.05) is 83.7 Å². The summed E-state index contributed by atoms with van der Waals surface area (Å²) in [4.78, 5) is 28.9. The van der Waals surface area contributed by atoms with Crippen LogP contribution in [0, 0.1) is 0 Å². The number of hydrogen-bond acceptors (Lipinski definition) is 4. The number of carbonyl (C=O) groups excluding carboxylic acids is 2. The van der Waals surface area contributed by atoms with Gasteiger partial charge >= 0.3 is 0 Å². The quantitative estimate of drug-likeness (QED) is 0.302. The van der Waals surface area contributed by atoms with Crippen molar-refractivity contribution in [1.82, 2.24) is 10.2 Å². The molecular formula is C31H36BrN3O4S. The highest BCUT2D eigenvalue weighted by Gasteiger charge is 2.33. The molecule has 0 unspecified atom stereocenters. The van der Waals surface area contributed by atoms with Crippen molar-refractivity contribution in [3.05, 3.63) is 95.0 Å². The smallest absolute Gasteiger partial charge is 0.264 e. The van der Waals surface area contributed by atoms with Gasteiger partial charge in [0.2, 0.25) is 11.8 Å². The third-order valence-electron chi connectivity index (χ3n) is 7.33. The van der Waals surface area contributed by atoms with E-state index in [4.69, 9.17) is 0 Å². The molecule has 0 bridgehead atoms. The molecule has 212 valence electrons. The topological polar surface area (TPSA) is 86.8 Å². The van der Waals surface area contributed by atoms with E-state index in [0.29, 0.717) is 12.1 Å². The molecule has 1 atom stereocenters. The van der Waals surface area contributed by atoms with Crippen LogP contribution in [0.2, 0.25) is 0 Å². The van der Waals surface area contributed by atoms with Gasteiger partial charge in [0.1, 0.15) is 12.6 Å². The van der Waals surface area contributed by atoms with Crippen LogP contribution in [0.1, 0.15) is 44.6 Å². The molecule has 0 spiro atoms. The predicted octanol–water partition coefficient (Wildman–Crippen LogP) is 5.55. The number of nitrogens with one attached hydrogen (secondary N) is 1. The summed E-state index contributed by atoms with van der Waals surface area (Å²) in [5.41, 5.74) is 1.39. The first-order chi connectivity index (χ1) is 19.3. The molecule has 7 nitrogen and oxygen atoms in total. The maximum Gasteiger partial charge on any atom is 0.264 e. The van der Waals surface area contributed by atoms with Crippen molar-refractivity contribution in [3.63, 3.8) is 0 Å². The fourth-order valence-electron chi connectivity index (χ4n) is 4.99. The van der Waals surface area contributed by atoms with Crippen molar-refractivity contribution in [2.75, 3.05) is 17.4 Å². The van der Waals surface area contributed by atoms with Crippen LogP contribution in [-0.2, 0) is 26.0 Å². The van der Waals surface area contributed by atoms with E-state index in [2.05, 4.69) is 21.2 Å². The Bertz CT molecular complexity index is 1360. The molecule has 0 aromatic heterocycles. The van der Waals surface area contributed by atoms with Crippen LogP contribution < -0.4 is 9.62 Å². The van der Waals surface area contributed by atoms with Gasteiger partial charge in [0.15, 0.2) is 0 Å². The Balaban J connectivity index is 1.62. The molecule has 1 fully saturated rings. The van der Waals surface area contributed by atoms with Gasteiger partial charge in [-0.15, -0.1) is 0 Å². The fourth-order valence-corrected chi connectivity index (χ4v) is 6.69. The number of carbonyl (C=O) groups is 2. The first-order valence-corrected chi connectivity index (χ1v) is 16.0. The summed E-state index contributed by atoms with van der Waals surface area (Å²) < 4.78 is 29.5. The van der Waals surface area contributed by atoms with Crippen LogP contribution >= 0.6 is 15.9 Å². The summed E-state index contributed by atoms with van der Waals surface area (Å²) in [5.74, 6) is -0.654. The average molecular weight is 627 g/mol. The maximum absolute atomic E-state index is 14.0. The van der Waals surface area contributed by atoms with Crippen molar-refractivity contribution in [2.24, 2.45) is 0 Å². The number of benzene rings is 3. The summed E-state index contributed by atoms with van der Waals surface area (Å²) in [7, 11) is -4.06. The third kappa shape index (κ3) is 7.73. The van der Waals surface area contributed by atoms with Gasteiger partial charge in [0.25, 0.3) is 10.0 Å². The van der Waals surface area contributed by atoms with E-state index in [1.54, 1.807) is 49.4 Å². The normalized spacial score (nSPS) is 14.8. The Morgan fingerprint density at radius 2 is 1.50 bits per heavy atom. The van der Waals surface area contributed by atoms with Gasteiger partial charge < -0.3 is 10.2 Å². The molecule has 1 aliphatic rings. The highest BCUT2D eigenvalue weighted by Crippen LogP contribution is 2.26. The summed E-state index contributed by atoms with van der Waals surface area (Å²) in [6.45, 7) is 1.56. The number of sulfonamides is 1. The molecule has 1 aliphatic carbocycles. The lowest BCUT2D eigenvalue weighted by atomic mass is 9.95. The first-order valence-electron chi connectivity index (χ1n) is 13.7. The molecule has 3 aromatic carbocycles. The van der Waals surface area contributed by atoms with E-state index in [1.807, 2.05) is 30.3 Å². The Morgan fingerprint density at radius 1 is 0.900 bits per heavy atom. The number of halogens is 1. The highest BCUT2D eigenvalue weighted by atomic mass is 79.9. The van der Waals surface area contributed by atoms with Crippen molar-refractivity contribution >= 4 is 43.5 Å². The van der Waals surface area contributed by atoms with E-state index in [1.165, 1.54) is 23.5 Å². The number of nitrogens with zero attached hydrogens (tertiary/aromatic N) is 2. The van der Waals surface area contributed by atoms with E-state index < -0.39 is 28.5 Å². The third-order valence-corrected chi connectivity index (χ3v) is 9.64. The number of hydrogen-bond donors (Lipinski definition) is 1. The van der Waals surface area contributed by atoms with Crippen LogP contribution in [0.4, 0.5) is 5.69 Å². The number of amides is 2. The fraction of sp³-hybridized carbons (Fsp3) is 0.355. The number of rotatable bonds is 11. The Kier molecular flexibility index (Phi) is 10.4. The van der Waals surface area contributed by atoms with Crippen molar-refractivity contribution in [3.8, 4) is 0 Å². The van der Waals surface area contributed by atoms with Crippen LogP contribution in [0.3, 0.4) is 0 Å². The van der Waals surface area contributed by atoms with Gasteiger partial charge in [0.05, 0.1) is 10.6 Å². The summed E-state index contributed by atoms with van der Waals surface area (Å²) in [5, 5.41) is 3.13. The van der Waals surface area contributed by atoms with E-state index in [-0.39, 0.29) is 23.4 Å². The van der Waals surface area contributed by atoms with Gasteiger partial charge in [-0.05, 0) is 68.1 Å². The van der Waals surface area contributed by atoms with E-state index >= 15 is 0 Å². The molecule has 1 saturated carbocycles. The van der Waals surface area contributed by atoms with Gasteiger partial charge in [-0.3, -0.25) is 13.9 Å². The minimum atomic E-state index is -4.06. The van der Waals surface area contributed by atoms with Gasteiger partial charge in [-0.25, -0.2) is 8.42 Å². The second-order valence-corrected chi connectivity index (χ2v) is 12.9. The molecule has 4 rings (SSSR count). The zero-order chi connectivity index (χ0) is 28.5. The SMILES string of the molecule is C[C@@H](C(=O)NC1CCCCC1)N(CCc1ccccc1)C(=O)CN(c1ccc(Br)cc1)S(=O)(=O)c1ccccc1. The lowest BCUT2D eigenvalue weighted by molar-refractivity contribution is -0.139. The molecule has 2 amide bonds. The van der Waals surface area contributed by atoms with E-state index in [0.717, 1.165) is 40.0 Å². The molecule has 0 aliphatic heterocycles. The Hall–Kier alpha value is -3.17. The van der Waals surface area contributed by atoms with Crippen LogP contribution in [0.25, 0.3) is 0 Å². The monoisotopic (exact) mass is 625 g/mol. The van der Waals surface area contributed by atoms with Crippen LogP contribution in [0.5, 0.6) is 0 Å². The molecule has 0 saturated heterocycles. The van der Waals surface area contributed by atoms with Gasteiger partial charge in [-0.2, -0.15) is 0 Å². The maximum atomic E-state index is 14.0. The molecule has 9 heteroatoms. The van der Waals surface area contributed by atoms with Crippen molar-refractivity contribution < 1.29 is 18.0 Å². The molecule has 40 heavy (non-hydrogen) atoms. The van der Waals surface area contributed by atoms with Crippen LogP contribution in [-0.4, -0.2) is 50.3 Å². The largest absolute Gasteiger partial charge is 0.352 e. The van der Waals surface area contributed by atoms with Crippen molar-refractivity contribution in [2.45, 2.75) is 62.4 Å². The second kappa shape index (κ2) is 13.9. The van der Waals surface area contributed by atoms with Gasteiger partial charge in [0, 0.05) is 17.1 Å². The average Bonchev–Trinajstić information content (AvgIpc) is 2.98. The molecular weight excluding hydrogens is 590 g/mol. The minimum absolute atomic E-state index is 0.0876. The highest BCUT2D eigenvalue weighted by molar-refractivity contribution is 9.10. The Labute approximate surface area is 245 Å². The Morgan fingerprint density at radius 3 is 2.12 bits per heavy atom. The van der Waals surface area contributed by atoms with E-state index in [9.17, 15) is 18.0 Å². The zero-order valence-corrected chi connectivity index (χ0v) is 25.1. The first kappa shape index (κ1) is 29.8. The molecule has 1 N–H and O–H groups in total. The molecule has 3 aromatic rings. The molecule has 0 heterocycles. The number of anilines is 1. The minimum Gasteiger partial charge on any atom is -0.352 e. The van der Waals surface area contributed by atoms with Crippen LogP contribution in [0.15, 0.2) is 94.3 Å². The molecule has 0 radical (unpaired) electrons. The zero-order valence-electron chi connectivity index (χ0n) is 22.7. The summed E-state index contributed by atoms with van der Waals surface area (Å²) in [6.07, 6.45) is 5.74. The standard InChI is InChI=1S/C31H36BrN3O4S/c1-24(31(37)33-27-13-7-3-8-14-27)34(22-21-25-11-5-2-6-12-25)30(36)23-35(28-19-17-26(32)18-20-28)40(38,39)29-15-9-4-10-16-29/h2,4-6,9-12,15-20,24,27H,3,7-8,13-14,21-23H2,1H3,(H,33,37)/t24-/m0/s1.